The molecule has 1 aromatic heterocycles. The summed E-state index contributed by atoms with van der Waals surface area (Å²) in [6, 6.07) is 0. The van der Waals surface area contributed by atoms with Crippen molar-refractivity contribution in [2.75, 3.05) is 13.1 Å². The molecule has 1 saturated heterocycles. The van der Waals surface area contributed by atoms with E-state index < -0.39 is 0 Å². The van der Waals surface area contributed by atoms with Crippen LogP contribution >= 0.6 is 0 Å². The maximum atomic E-state index is 8.60. The van der Waals surface area contributed by atoms with Gasteiger partial charge < -0.3 is 5.21 Å². The Morgan fingerprint density at radius 2 is 2.13 bits per heavy atom. The van der Waals surface area contributed by atoms with Crippen LogP contribution in [0.2, 0.25) is 0 Å². The first-order chi connectivity index (χ1) is 7.28. The highest BCUT2D eigenvalue weighted by Crippen LogP contribution is 2.09. The van der Waals surface area contributed by atoms with Crippen molar-refractivity contribution in [2.45, 2.75) is 19.4 Å². The van der Waals surface area contributed by atoms with E-state index in [1.54, 1.807) is 7.05 Å². The predicted octanol–water partition coefficient (Wildman–Crippen LogP) is -0.364. The fourth-order valence-electron chi connectivity index (χ4n) is 1.66. The number of hydrogen-bond donors (Lipinski definition) is 1. The van der Waals surface area contributed by atoms with E-state index in [9.17, 15) is 0 Å². The molecule has 82 valence electrons. The molecule has 0 bridgehead atoms. The summed E-state index contributed by atoms with van der Waals surface area (Å²) >= 11 is 0. The molecule has 0 radical (unpaired) electrons. The number of oxime groups is 1. The number of aromatic nitrogens is 4. The maximum absolute atomic E-state index is 8.60. The summed E-state index contributed by atoms with van der Waals surface area (Å²) in [6.45, 7) is 2.49. The number of aryl methyl sites for hydroxylation is 1. The molecule has 0 spiro atoms. The van der Waals surface area contributed by atoms with Gasteiger partial charge in [0.1, 0.15) is 0 Å². The fraction of sp³-hybridized carbons (Fsp3) is 0.750. The van der Waals surface area contributed by atoms with Crippen molar-refractivity contribution in [1.82, 2.24) is 25.1 Å². The third-order valence-corrected chi connectivity index (χ3v) is 2.49. The zero-order valence-electron chi connectivity index (χ0n) is 8.67. The number of likely N-dealkylation sites (tertiary alicyclic amines) is 1. The summed E-state index contributed by atoms with van der Waals surface area (Å²) in [5, 5.41) is 23.7. The summed E-state index contributed by atoms with van der Waals surface area (Å²) in [5.74, 6) is 0.738. The van der Waals surface area contributed by atoms with Crippen molar-refractivity contribution in [3.8, 4) is 0 Å². The van der Waals surface area contributed by atoms with Crippen LogP contribution in [0.5, 0.6) is 0 Å². The summed E-state index contributed by atoms with van der Waals surface area (Å²) in [6.07, 6.45) is 1.63. The van der Waals surface area contributed by atoms with Gasteiger partial charge in [-0.25, -0.2) is 0 Å². The molecule has 2 heterocycles. The molecular formula is C8H14N6O. The number of piperidine rings is 1. The SMILES string of the molecule is Cn1nnc(CN2CCC(=NO)CC2)n1. The average molecular weight is 210 g/mol. The summed E-state index contributed by atoms with van der Waals surface area (Å²) in [5.41, 5.74) is 0.873. The number of nitrogens with zero attached hydrogens (tertiary/aromatic N) is 6. The van der Waals surface area contributed by atoms with Gasteiger partial charge in [0.15, 0.2) is 5.82 Å². The lowest BCUT2D eigenvalue weighted by molar-refractivity contribution is 0.250. The number of hydrogen-bond acceptors (Lipinski definition) is 6. The van der Waals surface area contributed by atoms with Crippen molar-refractivity contribution < 1.29 is 5.21 Å². The molecule has 0 aliphatic carbocycles. The number of rotatable bonds is 2. The highest BCUT2D eigenvalue weighted by molar-refractivity contribution is 5.84. The number of tetrazole rings is 1. The second-order valence-corrected chi connectivity index (χ2v) is 3.64. The molecule has 1 aliphatic heterocycles. The highest BCUT2D eigenvalue weighted by Gasteiger charge is 2.16. The summed E-state index contributed by atoms with van der Waals surface area (Å²) in [4.78, 5) is 3.69. The quantitative estimate of drug-likeness (QED) is 0.532. The van der Waals surface area contributed by atoms with Gasteiger partial charge in [0.05, 0.1) is 19.3 Å². The van der Waals surface area contributed by atoms with Crippen molar-refractivity contribution in [2.24, 2.45) is 12.2 Å². The second-order valence-electron chi connectivity index (χ2n) is 3.64. The molecule has 7 nitrogen and oxygen atoms in total. The molecule has 1 aliphatic rings. The smallest absolute Gasteiger partial charge is 0.188 e. The van der Waals surface area contributed by atoms with Crippen LogP contribution in [0.25, 0.3) is 0 Å². The van der Waals surface area contributed by atoms with E-state index >= 15 is 0 Å². The molecule has 1 fully saturated rings. The zero-order valence-corrected chi connectivity index (χ0v) is 8.67. The average Bonchev–Trinajstić information content (AvgIpc) is 2.65. The molecule has 0 saturated carbocycles. The fourth-order valence-corrected chi connectivity index (χ4v) is 1.66. The lowest BCUT2D eigenvalue weighted by atomic mass is 10.1. The van der Waals surface area contributed by atoms with Crippen LogP contribution < -0.4 is 0 Å². The van der Waals surface area contributed by atoms with Gasteiger partial charge >= 0.3 is 0 Å². The Morgan fingerprint density at radius 3 is 2.67 bits per heavy atom. The van der Waals surface area contributed by atoms with Crippen LogP contribution in [0, 0.1) is 0 Å². The lowest BCUT2D eigenvalue weighted by Gasteiger charge is -2.25. The van der Waals surface area contributed by atoms with Crippen LogP contribution in [0.15, 0.2) is 5.16 Å². The van der Waals surface area contributed by atoms with Crippen LogP contribution in [0.3, 0.4) is 0 Å². The van der Waals surface area contributed by atoms with Gasteiger partial charge in [-0.3, -0.25) is 4.90 Å². The van der Waals surface area contributed by atoms with E-state index in [1.165, 1.54) is 4.80 Å². The first-order valence-electron chi connectivity index (χ1n) is 4.93. The van der Waals surface area contributed by atoms with E-state index in [0.29, 0.717) is 6.54 Å². The molecule has 7 heteroatoms. The van der Waals surface area contributed by atoms with Crippen LogP contribution in [-0.2, 0) is 13.6 Å². The minimum Gasteiger partial charge on any atom is -0.411 e. The Morgan fingerprint density at radius 1 is 1.40 bits per heavy atom. The highest BCUT2D eigenvalue weighted by atomic mass is 16.4. The Bertz CT molecular complexity index is 350. The minimum atomic E-state index is 0.715. The molecule has 0 unspecified atom stereocenters. The van der Waals surface area contributed by atoms with Crippen LogP contribution in [0.4, 0.5) is 0 Å². The Kier molecular flexibility index (Phi) is 2.91. The Labute approximate surface area is 87.4 Å². The molecule has 0 aromatic carbocycles. The van der Waals surface area contributed by atoms with Gasteiger partial charge in [-0.05, 0) is 5.21 Å². The van der Waals surface area contributed by atoms with E-state index in [4.69, 9.17) is 5.21 Å². The Hall–Kier alpha value is -1.50. The Balaban J connectivity index is 1.87. The first-order valence-corrected chi connectivity index (χ1v) is 4.93. The van der Waals surface area contributed by atoms with Gasteiger partial charge in [0.2, 0.25) is 0 Å². The topological polar surface area (TPSA) is 79.4 Å². The molecule has 1 N–H and O–H groups in total. The molecule has 0 amide bonds. The van der Waals surface area contributed by atoms with Gasteiger partial charge in [0.25, 0.3) is 0 Å². The molecule has 1 aromatic rings. The second kappa shape index (κ2) is 4.35. The van der Waals surface area contributed by atoms with Crippen LogP contribution in [-0.4, -0.2) is 49.1 Å². The molecular weight excluding hydrogens is 196 g/mol. The van der Waals surface area contributed by atoms with E-state index in [1.807, 2.05) is 0 Å². The van der Waals surface area contributed by atoms with Crippen molar-refractivity contribution in [3.05, 3.63) is 5.82 Å². The van der Waals surface area contributed by atoms with E-state index in [-0.39, 0.29) is 0 Å². The molecule has 2 rings (SSSR count). The van der Waals surface area contributed by atoms with Gasteiger partial charge in [-0.2, -0.15) is 4.80 Å². The van der Waals surface area contributed by atoms with Crippen molar-refractivity contribution in [3.63, 3.8) is 0 Å². The third-order valence-electron chi connectivity index (χ3n) is 2.49. The van der Waals surface area contributed by atoms with Crippen LogP contribution in [0.1, 0.15) is 18.7 Å². The summed E-state index contributed by atoms with van der Waals surface area (Å²) in [7, 11) is 1.75. The zero-order chi connectivity index (χ0) is 10.7. The minimum absolute atomic E-state index is 0.715. The predicted molar refractivity (Wildman–Crippen MR) is 52.5 cm³/mol. The van der Waals surface area contributed by atoms with Gasteiger partial charge in [0, 0.05) is 25.9 Å². The normalized spacial score (nSPS) is 18.1. The van der Waals surface area contributed by atoms with Gasteiger partial charge in [-0.1, -0.05) is 5.16 Å². The molecule has 0 atom stereocenters. The first kappa shape index (κ1) is 10.0. The standard InChI is InChI=1S/C8H14N6O/c1-13-10-8(9-12-13)6-14-4-2-7(11-15)3-5-14/h15H,2-6H2,1H3. The van der Waals surface area contributed by atoms with E-state index in [0.717, 1.165) is 37.5 Å². The van der Waals surface area contributed by atoms with Crippen molar-refractivity contribution >= 4 is 5.71 Å². The van der Waals surface area contributed by atoms with Gasteiger partial charge in [-0.15, -0.1) is 10.2 Å². The lowest BCUT2D eigenvalue weighted by Crippen LogP contribution is -2.33. The van der Waals surface area contributed by atoms with Crippen molar-refractivity contribution in [1.29, 1.82) is 0 Å². The largest absolute Gasteiger partial charge is 0.411 e. The third kappa shape index (κ3) is 2.50. The summed E-state index contributed by atoms with van der Waals surface area (Å²) < 4.78 is 0. The van der Waals surface area contributed by atoms with E-state index in [2.05, 4.69) is 25.5 Å². The maximum Gasteiger partial charge on any atom is 0.188 e. The monoisotopic (exact) mass is 210 g/mol. The molecule has 15 heavy (non-hydrogen) atoms.